The van der Waals surface area contributed by atoms with E-state index in [1.54, 1.807) is 18.5 Å². The largest absolute Gasteiger partial charge is 0.392 e. The van der Waals surface area contributed by atoms with Gasteiger partial charge in [-0.25, -0.2) is 8.78 Å². The highest BCUT2D eigenvalue weighted by Crippen LogP contribution is 2.35. The van der Waals surface area contributed by atoms with Gasteiger partial charge in [0.2, 0.25) is 17.7 Å². The number of nitrogens with one attached hydrogen (secondary N) is 2. The molecule has 38 heavy (non-hydrogen) atoms. The van der Waals surface area contributed by atoms with E-state index in [4.69, 9.17) is 0 Å². The molecule has 0 spiro atoms. The number of carbonyl (C=O) groups is 2. The van der Waals surface area contributed by atoms with Gasteiger partial charge in [0.15, 0.2) is 0 Å². The van der Waals surface area contributed by atoms with Crippen molar-refractivity contribution in [2.45, 2.75) is 95.4 Å². The Bertz CT molecular complexity index is 1140. The molecular weight excluding hydrogens is 490 g/mol. The van der Waals surface area contributed by atoms with Gasteiger partial charge in [0.25, 0.3) is 0 Å². The number of hydrogen-bond donors (Lipinski definition) is 3. The second-order valence-electron chi connectivity index (χ2n) is 11.6. The summed E-state index contributed by atoms with van der Waals surface area (Å²) in [5, 5.41) is 16.1. The Morgan fingerprint density at radius 2 is 1.82 bits per heavy atom. The number of pyridine rings is 1. The smallest absolute Gasteiger partial charge is 0.248 e. The van der Waals surface area contributed by atoms with E-state index < -0.39 is 36.1 Å². The molecule has 3 N–H and O–H groups in total. The Morgan fingerprint density at radius 3 is 2.37 bits per heavy atom. The van der Waals surface area contributed by atoms with Crippen LogP contribution in [0.5, 0.6) is 0 Å². The molecule has 1 saturated heterocycles. The lowest BCUT2D eigenvalue weighted by Crippen LogP contribution is -2.52. The van der Waals surface area contributed by atoms with E-state index in [0.717, 1.165) is 11.1 Å². The Morgan fingerprint density at radius 1 is 1.16 bits per heavy atom. The van der Waals surface area contributed by atoms with Crippen molar-refractivity contribution in [1.29, 1.82) is 0 Å². The second kappa shape index (κ2) is 11.1. The molecule has 1 aromatic heterocycles. The molecule has 4 rings (SSSR count). The first-order valence-corrected chi connectivity index (χ1v) is 13.3. The fourth-order valence-electron chi connectivity index (χ4n) is 5.22. The van der Waals surface area contributed by atoms with Crippen LogP contribution >= 0.6 is 0 Å². The van der Waals surface area contributed by atoms with Crippen LogP contribution in [-0.2, 0) is 15.0 Å². The third-order valence-electron chi connectivity index (χ3n) is 7.60. The van der Waals surface area contributed by atoms with Crippen molar-refractivity contribution in [3.05, 3.63) is 59.4 Å². The van der Waals surface area contributed by atoms with Gasteiger partial charge in [-0.05, 0) is 60.9 Å². The van der Waals surface area contributed by atoms with Gasteiger partial charge in [-0.1, -0.05) is 32.9 Å². The van der Waals surface area contributed by atoms with E-state index in [-0.39, 0.29) is 50.0 Å². The molecule has 2 heterocycles. The Balaban J connectivity index is 1.75. The highest BCUT2D eigenvalue weighted by Gasteiger charge is 2.41. The molecule has 1 aliphatic carbocycles. The van der Waals surface area contributed by atoms with Crippen LogP contribution in [0.1, 0.15) is 75.6 Å². The Labute approximate surface area is 223 Å². The maximum absolute atomic E-state index is 14.0. The van der Waals surface area contributed by atoms with Crippen molar-refractivity contribution < 1.29 is 23.5 Å². The van der Waals surface area contributed by atoms with Crippen molar-refractivity contribution in [1.82, 2.24) is 15.6 Å². The molecule has 2 amide bonds. The van der Waals surface area contributed by atoms with Crippen molar-refractivity contribution >= 4 is 17.5 Å². The van der Waals surface area contributed by atoms with Crippen LogP contribution in [0, 0.1) is 6.92 Å². The minimum absolute atomic E-state index is 0.107. The molecule has 2 aromatic rings. The van der Waals surface area contributed by atoms with E-state index in [2.05, 4.69) is 36.4 Å². The normalized spacial score (nSPS) is 22.6. The number of amides is 2. The predicted octanol–water partition coefficient (Wildman–Crippen LogP) is 4.18. The topological polar surface area (TPSA) is 94.6 Å². The molecular formula is C29H38F2N4O3. The van der Waals surface area contributed by atoms with Crippen LogP contribution in [0.15, 0.2) is 42.7 Å². The number of anilines is 1. The molecule has 0 radical (unpaired) electrons. The lowest BCUT2D eigenvalue weighted by atomic mass is 9.87. The van der Waals surface area contributed by atoms with Gasteiger partial charge >= 0.3 is 0 Å². The van der Waals surface area contributed by atoms with Gasteiger partial charge in [-0.15, -0.1) is 0 Å². The number of carbonyl (C=O) groups excluding carboxylic acids is 2. The van der Waals surface area contributed by atoms with E-state index in [1.165, 1.54) is 4.90 Å². The van der Waals surface area contributed by atoms with E-state index in [0.29, 0.717) is 11.3 Å². The average Bonchev–Trinajstić information content (AvgIpc) is 3.30. The zero-order valence-corrected chi connectivity index (χ0v) is 22.5. The summed E-state index contributed by atoms with van der Waals surface area (Å²) in [5.41, 5.74) is 2.83. The van der Waals surface area contributed by atoms with Crippen molar-refractivity contribution in [3.63, 3.8) is 0 Å². The maximum atomic E-state index is 14.0. The summed E-state index contributed by atoms with van der Waals surface area (Å²) in [4.78, 5) is 33.7. The summed E-state index contributed by atoms with van der Waals surface area (Å²) < 4.78 is 27.5. The van der Waals surface area contributed by atoms with Gasteiger partial charge in [0, 0.05) is 49.1 Å². The van der Waals surface area contributed by atoms with Crippen LogP contribution in [0.4, 0.5) is 14.5 Å². The third kappa shape index (κ3) is 6.38. The summed E-state index contributed by atoms with van der Waals surface area (Å²) in [6, 6.07) is 7.18. The van der Waals surface area contributed by atoms with Crippen molar-refractivity contribution in [2.24, 2.45) is 0 Å². The number of aliphatic hydroxyl groups is 1. The highest BCUT2D eigenvalue weighted by molar-refractivity contribution is 6.04. The number of benzene rings is 1. The van der Waals surface area contributed by atoms with Gasteiger partial charge in [-0.3, -0.25) is 19.5 Å². The van der Waals surface area contributed by atoms with Crippen LogP contribution in [-0.4, -0.2) is 52.6 Å². The number of aromatic nitrogens is 1. The summed E-state index contributed by atoms with van der Waals surface area (Å²) in [6.45, 7) is 8.42. The van der Waals surface area contributed by atoms with Crippen LogP contribution < -0.4 is 15.5 Å². The average molecular weight is 529 g/mol. The molecule has 9 heteroatoms. The minimum atomic E-state index is -2.72. The van der Waals surface area contributed by atoms with Crippen LogP contribution in [0.2, 0.25) is 0 Å². The summed E-state index contributed by atoms with van der Waals surface area (Å²) in [6.07, 6.45) is 2.54. The lowest BCUT2D eigenvalue weighted by molar-refractivity contribution is -0.128. The lowest BCUT2D eigenvalue weighted by Gasteiger charge is -2.36. The number of aryl methyl sites for hydroxylation is 1. The van der Waals surface area contributed by atoms with Crippen LogP contribution in [0.25, 0.3) is 0 Å². The molecule has 1 aromatic carbocycles. The summed E-state index contributed by atoms with van der Waals surface area (Å²) >= 11 is 0. The fraction of sp³-hybridized carbons (Fsp3) is 0.552. The molecule has 2 fully saturated rings. The van der Waals surface area contributed by atoms with E-state index in [9.17, 15) is 23.5 Å². The Kier molecular flexibility index (Phi) is 8.18. The third-order valence-corrected chi connectivity index (χ3v) is 7.60. The predicted molar refractivity (Wildman–Crippen MR) is 142 cm³/mol. The number of halogens is 2. The number of alkyl halides is 2. The molecule has 206 valence electrons. The van der Waals surface area contributed by atoms with Crippen molar-refractivity contribution in [3.8, 4) is 0 Å². The molecule has 3 atom stereocenters. The molecule has 1 unspecified atom stereocenters. The molecule has 1 saturated carbocycles. The van der Waals surface area contributed by atoms with Gasteiger partial charge in [0.05, 0.1) is 12.1 Å². The number of hydrogen-bond acceptors (Lipinski definition) is 5. The second-order valence-corrected chi connectivity index (χ2v) is 11.6. The number of aliphatic hydroxyl groups excluding tert-OH is 1. The fourth-order valence-corrected chi connectivity index (χ4v) is 5.22. The first kappa shape index (κ1) is 28.1. The molecule has 1 aliphatic heterocycles. The monoisotopic (exact) mass is 528 g/mol. The number of rotatable bonds is 6. The first-order chi connectivity index (χ1) is 17.9. The molecule has 2 aliphatic rings. The minimum Gasteiger partial charge on any atom is -0.392 e. The van der Waals surface area contributed by atoms with E-state index >= 15 is 0 Å². The van der Waals surface area contributed by atoms with Crippen molar-refractivity contribution in [2.75, 3.05) is 11.4 Å². The highest BCUT2D eigenvalue weighted by atomic mass is 19.3. The maximum Gasteiger partial charge on any atom is 0.248 e. The molecule has 0 bridgehead atoms. The quantitative estimate of drug-likeness (QED) is 0.523. The summed E-state index contributed by atoms with van der Waals surface area (Å²) in [5.74, 6) is -3.50. The van der Waals surface area contributed by atoms with Gasteiger partial charge in [-0.2, -0.15) is 0 Å². The zero-order valence-electron chi connectivity index (χ0n) is 22.5. The van der Waals surface area contributed by atoms with Gasteiger partial charge in [0.1, 0.15) is 6.04 Å². The standard InChI is InChI=1S/C29H38F2N4O3/c1-18-11-14-32-17-23(18)25(26(37)34-20-9-12-29(30,31)13-10-20)35(27(38)24-15-22(36)16-33-24)21-7-5-19(6-8-21)28(2,3)4/h5-8,11,14,17,20,22,24-25,33,36H,9-10,12-13,15-16H2,1-4H3,(H,34,37)/t22-,24-,25?/m1/s1. The Hall–Kier alpha value is -2.91. The zero-order chi connectivity index (χ0) is 27.7. The first-order valence-electron chi connectivity index (χ1n) is 13.3. The SMILES string of the molecule is Cc1ccncc1C(C(=O)NC1CCC(F)(F)CC1)N(C(=O)[C@H]1C[C@@H](O)CN1)c1ccc(C(C)(C)C)cc1. The van der Waals surface area contributed by atoms with Crippen LogP contribution in [0.3, 0.4) is 0 Å². The number of nitrogens with zero attached hydrogens (tertiary/aromatic N) is 2. The molecule has 7 nitrogen and oxygen atoms in total. The van der Waals surface area contributed by atoms with Gasteiger partial charge < -0.3 is 15.7 Å². The number of β-amino-alcohol motifs (C(OH)–C–C–N with tert-alkyl or cyclic N) is 1. The summed E-state index contributed by atoms with van der Waals surface area (Å²) in [7, 11) is 0. The van der Waals surface area contributed by atoms with E-state index in [1.807, 2.05) is 31.2 Å².